The van der Waals surface area contributed by atoms with Gasteiger partial charge in [-0.2, -0.15) is 18.3 Å². The lowest BCUT2D eigenvalue weighted by Crippen LogP contribution is -2.34. The molecule has 0 radical (unpaired) electrons. The van der Waals surface area contributed by atoms with Crippen molar-refractivity contribution in [2.45, 2.75) is 69.7 Å². The van der Waals surface area contributed by atoms with Crippen molar-refractivity contribution in [3.05, 3.63) is 82.3 Å². The maximum absolute atomic E-state index is 14.9. The van der Waals surface area contributed by atoms with E-state index in [0.717, 1.165) is 50.2 Å². The van der Waals surface area contributed by atoms with Crippen LogP contribution in [0.3, 0.4) is 0 Å². The van der Waals surface area contributed by atoms with Crippen molar-refractivity contribution in [3.8, 4) is 22.9 Å². The predicted molar refractivity (Wildman–Crippen MR) is 171 cm³/mol. The van der Waals surface area contributed by atoms with Crippen LogP contribution in [0.5, 0.6) is 11.5 Å². The first kappa shape index (κ1) is 32.0. The van der Waals surface area contributed by atoms with Gasteiger partial charge in [-0.05, 0) is 75.0 Å². The summed E-state index contributed by atoms with van der Waals surface area (Å²) in [4.78, 5) is 15.5. The number of aromatic amines is 1. The number of aromatic nitrogens is 6. The zero-order valence-corrected chi connectivity index (χ0v) is 27.2. The number of para-hydroxylation sites is 1. The van der Waals surface area contributed by atoms with Crippen LogP contribution in [0.25, 0.3) is 22.6 Å². The van der Waals surface area contributed by atoms with Crippen molar-refractivity contribution < 1.29 is 31.8 Å². The zero-order valence-electron chi connectivity index (χ0n) is 26.4. The van der Waals surface area contributed by atoms with Gasteiger partial charge in [-0.25, -0.2) is 19.3 Å². The molecule has 15 heteroatoms. The number of hydrogen-bond donors (Lipinski definition) is 1. The fraction of sp³-hybridized carbons (Fsp3) is 0.412. The molecular formula is C34H32ClF4N7O3. The topological polar surface area (TPSA) is 103 Å². The molecule has 256 valence electrons. The van der Waals surface area contributed by atoms with Crippen LogP contribution in [0.4, 0.5) is 17.6 Å². The highest BCUT2D eigenvalue weighted by atomic mass is 35.5. The Labute approximate surface area is 283 Å². The normalized spacial score (nSPS) is 21.6. The first-order valence-corrected chi connectivity index (χ1v) is 16.6. The van der Waals surface area contributed by atoms with E-state index < -0.39 is 23.6 Å². The number of likely N-dealkylation sites (tertiary alicyclic amines) is 1. The number of hydrogen-bond acceptors (Lipinski definition) is 8. The van der Waals surface area contributed by atoms with Crippen molar-refractivity contribution in [2.75, 3.05) is 19.7 Å². The van der Waals surface area contributed by atoms with Crippen LogP contribution < -0.4 is 9.47 Å². The van der Waals surface area contributed by atoms with Crippen molar-refractivity contribution >= 4 is 22.8 Å². The number of piperidine rings is 1. The Hall–Kier alpha value is -4.27. The lowest BCUT2D eigenvalue weighted by atomic mass is 9.88. The Kier molecular flexibility index (Phi) is 7.99. The summed E-state index contributed by atoms with van der Waals surface area (Å²) < 4.78 is 74.8. The third kappa shape index (κ3) is 6.10. The lowest BCUT2D eigenvalue weighted by Gasteiger charge is -2.32. The highest BCUT2D eigenvalue weighted by Crippen LogP contribution is 2.50. The van der Waals surface area contributed by atoms with Gasteiger partial charge in [0.1, 0.15) is 17.2 Å². The molecule has 0 aliphatic carbocycles. The Balaban J connectivity index is 1.01. The number of ether oxygens (including phenoxy) is 3. The van der Waals surface area contributed by atoms with E-state index in [1.54, 1.807) is 25.1 Å². The van der Waals surface area contributed by atoms with Crippen LogP contribution in [0.15, 0.2) is 48.7 Å². The van der Waals surface area contributed by atoms with E-state index in [9.17, 15) is 17.6 Å². The van der Waals surface area contributed by atoms with Crippen molar-refractivity contribution in [2.24, 2.45) is 0 Å². The number of nitrogens with one attached hydrogen (secondary N) is 1. The second kappa shape index (κ2) is 12.3. The molecule has 3 aromatic heterocycles. The molecule has 49 heavy (non-hydrogen) atoms. The number of benzene rings is 2. The van der Waals surface area contributed by atoms with Gasteiger partial charge in [-0.15, -0.1) is 0 Å². The number of halogens is 5. The van der Waals surface area contributed by atoms with E-state index in [2.05, 4.69) is 24.5 Å². The molecule has 6 heterocycles. The number of pyridine rings is 1. The number of alkyl halides is 3. The first-order valence-electron chi connectivity index (χ1n) is 16.2. The molecule has 5 aromatic rings. The average Bonchev–Trinajstić information content (AvgIpc) is 3.88. The number of fused-ring (bicyclic) bond motifs is 2. The van der Waals surface area contributed by atoms with Crippen LogP contribution in [0.2, 0.25) is 5.02 Å². The fourth-order valence-corrected chi connectivity index (χ4v) is 7.20. The van der Waals surface area contributed by atoms with Crippen LogP contribution in [-0.4, -0.2) is 60.4 Å². The lowest BCUT2D eigenvalue weighted by molar-refractivity contribution is -0.144. The van der Waals surface area contributed by atoms with Crippen molar-refractivity contribution in [1.82, 2.24) is 34.6 Å². The summed E-state index contributed by atoms with van der Waals surface area (Å²) in [6.07, 6.45) is 0.488. The summed E-state index contributed by atoms with van der Waals surface area (Å²) in [5, 5.41) is 6.01. The monoisotopic (exact) mass is 697 g/mol. The third-order valence-corrected chi connectivity index (χ3v) is 9.75. The second-order valence-corrected chi connectivity index (χ2v) is 13.3. The number of imidazole rings is 1. The molecule has 0 saturated carbocycles. The van der Waals surface area contributed by atoms with Crippen LogP contribution in [0.1, 0.15) is 61.3 Å². The van der Waals surface area contributed by atoms with E-state index in [4.69, 9.17) is 30.8 Å². The Bertz CT molecular complexity index is 2020. The predicted octanol–water partition coefficient (Wildman–Crippen LogP) is 7.23. The molecule has 8 rings (SSSR count). The maximum atomic E-state index is 14.9. The molecule has 2 atom stereocenters. The molecule has 0 spiro atoms. The number of H-pyrrole nitrogens is 1. The van der Waals surface area contributed by atoms with E-state index in [0.29, 0.717) is 52.9 Å². The standard InChI is InChI=1S/C34H32ClF4N7O3/c1-33(24-8-7-21(35)15-25(24)36)48-27-6-2-5-23(29(27)49-33)19-9-11-45(12-10-19)18-28-41-26-14-20(30-42-32(44-43-30)34(37,38)39)16-40-31(26)46(28)17-22-4-3-13-47-22/h2,5-8,14-16,19,22H,3-4,9-13,17-18H2,1H3,(H,42,43,44)/t22-,33?/m0/s1. The van der Waals surface area contributed by atoms with E-state index in [1.165, 1.54) is 12.3 Å². The van der Waals surface area contributed by atoms with Gasteiger partial charge in [-0.3, -0.25) is 10.00 Å². The van der Waals surface area contributed by atoms with Gasteiger partial charge < -0.3 is 18.8 Å². The summed E-state index contributed by atoms with van der Waals surface area (Å²) >= 11 is 5.98. The van der Waals surface area contributed by atoms with E-state index >= 15 is 0 Å². The third-order valence-electron chi connectivity index (χ3n) is 9.51. The molecule has 1 N–H and O–H groups in total. The molecular weight excluding hydrogens is 666 g/mol. The minimum absolute atomic E-state index is 0.0279. The molecule has 1 unspecified atom stereocenters. The minimum atomic E-state index is -4.63. The van der Waals surface area contributed by atoms with Crippen molar-refractivity contribution in [1.29, 1.82) is 0 Å². The summed E-state index contributed by atoms with van der Waals surface area (Å²) in [5.41, 5.74) is 2.82. The summed E-state index contributed by atoms with van der Waals surface area (Å²) in [7, 11) is 0. The summed E-state index contributed by atoms with van der Waals surface area (Å²) in [6, 6.07) is 11.9. The van der Waals surface area contributed by atoms with Gasteiger partial charge in [0.15, 0.2) is 23.0 Å². The quantitative estimate of drug-likeness (QED) is 0.178. The van der Waals surface area contributed by atoms with Gasteiger partial charge in [0.25, 0.3) is 5.79 Å². The minimum Gasteiger partial charge on any atom is -0.444 e. The highest BCUT2D eigenvalue weighted by molar-refractivity contribution is 6.30. The molecule has 3 aliphatic heterocycles. The Morgan fingerprint density at radius 3 is 2.63 bits per heavy atom. The molecule has 2 fully saturated rings. The van der Waals surface area contributed by atoms with E-state index in [1.807, 2.05) is 23.3 Å². The van der Waals surface area contributed by atoms with Gasteiger partial charge in [0, 0.05) is 35.9 Å². The van der Waals surface area contributed by atoms with Gasteiger partial charge in [-0.1, -0.05) is 23.7 Å². The van der Waals surface area contributed by atoms with Crippen LogP contribution in [0, 0.1) is 5.82 Å². The zero-order chi connectivity index (χ0) is 33.9. The van der Waals surface area contributed by atoms with Crippen LogP contribution >= 0.6 is 11.6 Å². The molecule has 10 nitrogen and oxygen atoms in total. The number of nitrogens with zero attached hydrogens (tertiary/aromatic N) is 6. The molecule has 0 amide bonds. The molecule has 2 saturated heterocycles. The number of rotatable bonds is 7. The highest BCUT2D eigenvalue weighted by Gasteiger charge is 2.43. The van der Waals surface area contributed by atoms with E-state index in [-0.39, 0.29) is 23.4 Å². The van der Waals surface area contributed by atoms with Crippen molar-refractivity contribution in [3.63, 3.8) is 0 Å². The van der Waals surface area contributed by atoms with Gasteiger partial charge in [0.2, 0.25) is 5.82 Å². The molecule has 3 aliphatic rings. The summed E-state index contributed by atoms with van der Waals surface area (Å²) in [6.45, 7) is 5.13. The Morgan fingerprint density at radius 1 is 1.06 bits per heavy atom. The average molecular weight is 698 g/mol. The molecule has 0 bridgehead atoms. The van der Waals surface area contributed by atoms with Gasteiger partial charge >= 0.3 is 6.18 Å². The SMILES string of the molecule is CC1(c2ccc(Cl)cc2F)Oc2cccc(C3CCN(Cc4nc5cc(-c6n[nH]c(C(F)(F)F)n6)cnc5n4C[C@@H]4CCCO4)CC3)c2O1. The van der Waals surface area contributed by atoms with Gasteiger partial charge in [0.05, 0.1) is 24.8 Å². The molecule has 2 aromatic carbocycles. The largest absolute Gasteiger partial charge is 0.451 e. The summed E-state index contributed by atoms with van der Waals surface area (Å²) in [5.74, 6) is -0.875. The second-order valence-electron chi connectivity index (χ2n) is 12.8. The fourth-order valence-electron chi connectivity index (χ4n) is 7.04. The first-order chi connectivity index (χ1) is 23.5. The maximum Gasteiger partial charge on any atom is 0.451 e. The Morgan fingerprint density at radius 2 is 1.90 bits per heavy atom. The van der Waals surface area contributed by atoms with Crippen LogP contribution in [-0.2, 0) is 29.8 Å². The smallest absolute Gasteiger partial charge is 0.444 e.